The molecule has 1 heterocycles. The van der Waals surface area contributed by atoms with E-state index in [1.54, 1.807) is 0 Å². The zero-order chi connectivity index (χ0) is 12.3. The Kier molecular flexibility index (Phi) is 4.08. The Bertz CT molecular complexity index is 376. The summed E-state index contributed by atoms with van der Waals surface area (Å²) in [5.41, 5.74) is 0.194. The molecule has 3 heteroatoms. The van der Waals surface area contributed by atoms with Gasteiger partial charge in [-0.2, -0.15) is 0 Å². The molecule has 0 spiro atoms. The van der Waals surface area contributed by atoms with E-state index in [4.69, 9.17) is 11.6 Å². The normalized spacial score (nSPS) is 24.3. The first-order valence-corrected chi connectivity index (χ1v) is 6.73. The first-order chi connectivity index (χ1) is 8.16. The van der Waals surface area contributed by atoms with E-state index in [9.17, 15) is 5.11 Å². The van der Waals surface area contributed by atoms with Gasteiger partial charge in [-0.1, -0.05) is 30.7 Å². The quantitative estimate of drug-likeness (QED) is 0.868. The minimum Gasteiger partial charge on any atom is -0.385 e. The molecule has 17 heavy (non-hydrogen) atoms. The van der Waals surface area contributed by atoms with E-state index in [-0.39, 0.29) is 5.92 Å². The third kappa shape index (κ3) is 2.65. The van der Waals surface area contributed by atoms with Crippen molar-refractivity contribution in [2.45, 2.75) is 31.8 Å². The van der Waals surface area contributed by atoms with Gasteiger partial charge in [-0.25, -0.2) is 0 Å². The lowest BCUT2D eigenvalue weighted by Crippen LogP contribution is -2.43. The number of benzene rings is 1. The second-order valence-corrected chi connectivity index (χ2v) is 5.27. The maximum atomic E-state index is 10.9. The van der Waals surface area contributed by atoms with Crippen molar-refractivity contribution >= 4 is 11.6 Å². The van der Waals surface area contributed by atoms with Crippen molar-refractivity contribution < 1.29 is 5.11 Å². The summed E-state index contributed by atoms with van der Waals surface area (Å²) < 4.78 is 0. The Balaban J connectivity index is 2.29. The fourth-order valence-electron chi connectivity index (χ4n) is 2.75. The van der Waals surface area contributed by atoms with E-state index < -0.39 is 5.60 Å². The molecule has 2 N–H and O–H groups in total. The summed E-state index contributed by atoms with van der Waals surface area (Å²) in [6, 6.07) is 7.62. The molecule has 0 aliphatic carbocycles. The molecule has 2 nitrogen and oxygen atoms in total. The van der Waals surface area contributed by atoms with Crippen molar-refractivity contribution in [2.24, 2.45) is 5.92 Å². The molecule has 94 valence electrons. The Morgan fingerprint density at radius 2 is 2.35 bits per heavy atom. The smallest absolute Gasteiger partial charge is 0.0934 e. The Morgan fingerprint density at radius 3 is 2.94 bits per heavy atom. The van der Waals surface area contributed by atoms with Gasteiger partial charge in [0, 0.05) is 17.5 Å². The van der Waals surface area contributed by atoms with Crippen LogP contribution in [-0.4, -0.2) is 18.2 Å². The van der Waals surface area contributed by atoms with Crippen molar-refractivity contribution in [3.63, 3.8) is 0 Å². The van der Waals surface area contributed by atoms with Crippen LogP contribution in [0, 0.1) is 5.92 Å². The molecule has 0 radical (unpaired) electrons. The van der Waals surface area contributed by atoms with Crippen LogP contribution < -0.4 is 5.32 Å². The zero-order valence-corrected chi connectivity index (χ0v) is 11.0. The predicted molar refractivity (Wildman–Crippen MR) is 71.2 cm³/mol. The lowest BCUT2D eigenvalue weighted by atomic mass is 9.76. The van der Waals surface area contributed by atoms with E-state index >= 15 is 0 Å². The molecular formula is C14H20ClNO. The number of halogens is 1. The third-order valence-corrected chi connectivity index (χ3v) is 4.07. The van der Waals surface area contributed by atoms with E-state index in [1.165, 1.54) is 0 Å². The molecule has 1 aromatic rings. The topological polar surface area (TPSA) is 32.3 Å². The second-order valence-electron chi connectivity index (χ2n) is 4.83. The molecule has 1 aliphatic rings. The highest BCUT2D eigenvalue weighted by Gasteiger charge is 2.37. The van der Waals surface area contributed by atoms with E-state index in [2.05, 4.69) is 5.32 Å². The SMILES string of the molecule is CC[C@@](O)(c1cccc(Cl)c1)[C@@H]1CCCNC1. The fourth-order valence-corrected chi connectivity index (χ4v) is 2.94. The van der Waals surface area contributed by atoms with Crippen LogP contribution in [0.3, 0.4) is 0 Å². The fraction of sp³-hybridized carbons (Fsp3) is 0.571. The number of hydrogen-bond donors (Lipinski definition) is 2. The summed E-state index contributed by atoms with van der Waals surface area (Å²) in [5.74, 6) is 0.278. The largest absolute Gasteiger partial charge is 0.385 e. The van der Waals surface area contributed by atoms with Gasteiger partial charge in [0.1, 0.15) is 0 Å². The average Bonchev–Trinajstić information content (AvgIpc) is 2.39. The molecule has 0 saturated carbocycles. The maximum absolute atomic E-state index is 10.9. The number of rotatable bonds is 3. The van der Waals surface area contributed by atoms with Crippen LogP contribution >= 0.6 is 11.6 Å². The average molecular weight is 254 g/mol. The van der Waals surface area contributed by atoms with Crippen molar-refractivity contribution in [2.75, 3.05) is 13.1 Å². The molecule has 1 aromatic carbocycles. The van der Waals surface area contributed by atoms with Crippen LogP contribution in [0.1, 0.15) is 31.7 Å². The standard InChI is InChI=1S/C14H20ClNO/c1-2-14(17,12-6-4-8-16-10-12)11-5-3-7-13(15)9-11/h3,5,7,9,12,16-17H,2,4,6,8,10H2,1H3/t12-,14-/m1/s1. The van der Waals surface area contributed by atoms with Crippen molar-refractivity contribution in [1.82, 2.24) is 5.32 Å². The molecule has 0 aromatic heterocycles. The van der Waals surface area contributed by atoms with Crippen LogP contribution in [0.15, 0.2) is 24.3 Å². The highest BCUT2D eigenvalue weighted by Crippen LogP contribution is 2.37. The summed E-state index contributed by atoms with van der Waals surface area (Å²) in [5, 5.41) is 15.0. The lowest BCUT2D eigenvalue weighted by molar-refractivity contribution is -0.0366. The van der Waals surface area contributed by atoms with Gasteiger partial charge in [-0.15, -0.1) is 0 Å². The van der Waals surface area contributed by atoms with Crippen LogP contribution in [0.25, 0.3) is 0 Å². The highest BCUT2D eigenvalue weighted by atomic mass is 35.5. The molecular weight excluding hydrogens is 234 g/mol. The van der Waals surface area contributed by atoms with Crippen molar-refractivity contribution in [1.29, 1.82) is 0 Å². The summed E-state index contributed by atoms with van der Waals surface area (Å²) in [7, 11) is 0. The Hall–Kier alpha value is -0.570. The van der Waals surface area contributed by atoms with E-state index in [0.717, 1.165) is 37.9 Å². The zero-order valence-electron chi connectivity index (χ0n) is 10.2. The minimum absolute atomic E-state index is 0.278. The first-order valence-electron chi connectivity index (χ1n) is 6.36. The summed E-state index contributed by atoms with van der Waals surface area (Å²) >= 11 is 6.02. The van der Waals surface area contributed by atoms with Crippen LogP contribution in [-0.2, 0) is 5.60 Å². The number of piperidine rings is 1. The number of nitrogens with one attached hydrogen (secondary N) is 1. The number of aliphatic hydroxyl groups is 1. The Morgan fingerprint density at radius 1 is 1.53 bits per heavy atom. The van der Waals surface area contributed by atoms with Gasteiger partial charge in [0.2, 0.25) is 0 Å². The van der Waals surface area contributed by atoms with Gasteiger partial charge in [0.05, 0.1) is 5.60 Å². The molecule has 0 unspecified atom stereocenters. The second kappa shape index (κ2) is 5.38. The van der Waals surface area contributed by atoms with Gasteiger partial charge in [0.25, 0.3) is 0 Å². The summed E-state index contributed by atoms with van der Waals surface area (Å²) in [4.78, 5) is 0. The first kappa shape index (κ1) is 12.9. The number of hydrogen-bond acceptors (Lipinski definition) is 2. The van der Waals surface area contributed by atoms with E-state index in [1.807, 2.05) is 31.2 Å². The van der Waals surface area contributed by atoms with Gasteiger partial charge in [-0.3, -0.25) is 0 Å². The van der Waals surface area contributed by atoms with Crippen molar-refractivity contribution in [3.8, 4) is 0 Å². The van der Waals surface area contributed by atoms with Gasteiger partial charge < -0.3 is 10.4 Å². The molecule has 0 bridgehead atoms. The van der Waals surface area contributed by atoms with Crippen LogP contribution in [0.4, 0.5) is 0 Å². The molecule has 1 fully saturated rings. The molecule has 2 atom stereocenters. The molecule has 1 aliphatic heterocycles. The minimum atomic E-state index is -0.752. The maximum Gasteiger partial charge on any atom is 0.0934 e. The van der Waals surface area contributed by atoms with Gasteiger partial charge in [-0.05, 0) is 43.5 Å². The van der Waals surface area contributed by atoms with Crippen LogP contribution in [0.5, 0.6) is 0 Å². The van der Waals surface area contributed by atoms with Crippen molar-refractivity contribution in [3.05, 3.63) is 34.9 Å². The molecule has 0 amide bonds. The van der Waals surface area contributed by atoms with Crippen LogP contribution in [0.2, 0.25) is 5.02 Å². The highest BCUT2D eigenvalue weighted by molar-refractivity contribution is 6.30. The van der Waals surface area contributed by atoms with E-state index in [0.29, 0.717) is 5.02 Å². The third-order valence-electron chi connectivity index (χ3n) is 3.84. The molecule has 2 rings (SSSR count). The predicted octanol–water partition coefficient (Wildman–Crippen LogP) is 2.94. The van der Waals surface area contributed by atoms with Gasteiger partial charge in [0.15, 0.2) is 0 Å². The lowest BCUT2D eigenvalue weighted by Gasteiger charge is -2.38. The monoisotopic (exact) mass is 253 g/mol. The van der Waals surface area contributed by atoms with Gasteiger partial charge >= 0.3 is 0 Å². The Labute approximate surface area is 108 Å². The summed E-state index contributed by atoms with van der Waals surface area (Å²) in [6.07, 6.45) is 2.93. The molecule has 1 saturated heterocycles. The summed E-state index contributed by atoms with van der Waals surface area (Å²) in [6.45, 7) is 3.98.